The number of para-hydroxylation sites is 1. The number of alkyl halides is 3. The lowest BCUT2D eigenvalue weighted by Crippen LogP contribution is -2.52. The summed E-state index contributed by atoms with van der Waals surface area (Å²) in [7, 11) is -1.64. The zero-order valence-corrected chi connectivity index (χ0v) is 22.5. The maximum absolute atomic E-state index is 13.2. The summed E-state index contributed by atoms with van der Waals surface area (Å²) in [6.45, 7) is 4.09. The number of hydrogen-bond acceptors (Lipinski definition) is 5. The molecule has 11 heteroatoms. The van der Waals surface area contributed by atoms with Gasteiger partial charge in [-0.3, -0.25) is 9.59 Å². The van der Waals surface area contributed by atoms with Crippen molar-refractivity contribution in [2.45, 2.75) is 68.7 Å². The molecule has 2 aromatic carbocycles. The van der Waals surface area contributed by atoms with Gasteiger partial charge in [-0.05, 0) is 70.3 Å². The largest absolute Gasteiger partial charge is 0.418 e. The van der Waals surface area contributed by atoms with E-state index in [2.05, 4.69) is 15.5 Å². The summed E-state index contributed by atoms with van der Waals surface area (Å²) in [5.74, 6) is -2.10. The minimum absolute atomic E-state index is 0.100. The molecule has 0 bridgehead atoms. The molecule has 3 rings (SSSR count). The number of carbonyl (C=O) groups excluding carboxylic acids is 2. The predicted molar refractivity (Wildman–Crippen MR) is 139 cm³/mol. The quantitative estimate of drug-likeness (QED) is 0.446. The van der Waals surface area contributed by atoms with Gasteiger partial charge in [0.05, 0.1) is 21.9 Å². The highest BCUT2D eigenvalue weighted by molar-refractivity contribution is 7.91. The number of halogens is 3. The minimum Gasteiger partial charge on any atom is -0.353 e. The van der Waals surface area contributed by atoms with Crippen molar-refractivity contribution in [1.29, 1.82) is 0 Å². The maximum Gasteiger partial charge on any atom is 0.418 e. The first kappa shape index (κ1) is 29.6. The Bertz CT molecular complexity index is 1220. The van der Waals surface area contributed by atoms with Gasteiger partial charge in [-0.2, -0.15) is 13.2 Å². The van der Waals surface area contributed by atoms with Crippen molar-refractivity contribution >= 4 is 27.3 Å². The van der Waals surface area contributed by atoms with Crippen LogP contribution < -0.4 is 10.6 Å². The van der Waals surface area contributed by atoms with Crippen LogP contribution in [0.2, 0.25) is 0 Å². The average molecular weight is 554 g/mol. The zero-order valence-electron chi connectivity index (χ0n) is 21.7. The Morgan fingerprint density at radius 2 is 1.63 bits per heavy atom. The molecule has 3 atom stereocenters. The fourth-order valence-corrected chi connectivity index (χ4v) is 6.55. The molecule has 0 aliphatic heterocycles. The summed E-state index contributed by atoms with van der Waals surface area (Å²) in [4.78, 5) is 27.7. The Balaban J connectivity index is 1.72. The predicted octanol–water partition coefficient (Wildman–Crippen LogP) is 4.50. The average Bonchev–Trinajstić information content (AvgIpc) is 2.84. The second-order valence-electron chi connectivity index (χ2n) is 10.0. The van der Waals surface area contributed by atoms with Gasteiger partial charge in [0.2, 0.25) is 11.8 Å². The summed E-state index contributed by atoms with van der Waals surface area (Å²) in [6, 6.07) is 12.4. The number of benzene rings is 2. The van der Waals surface area contributed by atoms with Crippen LogP contribution >= 0.6 is 0 Å². The van der Waals surface area contributed by atoms with E-state index in [4.69, 9.17) is 0 Å². The number of sulfone groups is 1. The molecule has 1 aliphatic rings. The third-order valence-electron chi connectivity index (χ3n) is 7.07. The zero-order chi connectivity index (χ0) is 28.1. The second kappa shape index (κ2) is 12.3. The van der Waals surface area contributed by atoms with Gasteiger partial charge >= 0.3 is 6.18 Å². The van der Waals surface area contributed by atoms with Crippen molar-refractivity contribution in [1.82, 2.24) is 10.2 Å². The van der Waals surface area contributed by atoms with Crippen LogP contribution in [0.25, 0.3) is 0 Å². The Hall–Kier alpha value is -2.92. The van der Waals surface area contributed by atoms with Crippen LogP contribution in [0.4, 0.5) is 18.9 Å². The summed E-state index contributed by atoms with van der Waals surface area (Å²) < 4.78 is 65.9. The van der Waals surface area contributed by atoms with Gasteiger partial charge in [-0.15, -0.1) is 0 Å². The lowest BCUT2D eigenvalue weighted by Gasteiger charge is -2.41. The first-order valence-electron chi connectivity index (χ1n) is 12.5. The molecule has 1 fully saturated rings. The standard InChI is InChI=1S/C27H34F3N3O4S/c1-18(2)33(3)20-14-13-19(17-38(36,37)21-9-5-4-6-10-21)24(15-20)32-26(35)16-25(34)31-23-12-8-7-11-22(23)27(28,29)30/h4-12,18-20,24H,13-17H2,1-3H3,(H,31,34)(H,32,35)/t19-,20-,24-/m0/s1. The fraction of sp³-hybridized carbons (Fsp3) is 0.481. The third-order valence-corrected chi connectivity index (χ3v) is 8.92. The third kappa shape index (κ3) is 7.80. The molecular formula is C27H34F3N3O4S. The number of nitrogens with zero attached hydrogens (tertiary/aromatic N) is 1. The van der Waals surface area contributed by atoms with Crippen molar-refractivity contribution in [3.05, 3.63) is 60.2 Å². The molecule has 1 saturated carbocycles. The highest BCUT2D eigenvalue weighted by Crippen LogP contribution is 2.35. The Labute approximate surface area is 221 Å². The molecule has 38 heavy (non-hydrogen) atoms. The molecule has 0 aromatic heterocycles. The van der Waals surface area contributed by atoms with Gasteiger partial charge in [-0.25, -0.2) is 8.42 Å². The molecule has 1 aliphatic carbocycles. The molecule has 208 valence electrons. The Morgan fingerprint density at radius 1 is 1.00 bits per heavy atom. The topological polar surface area (TPSA) is 95.6 Å². The van der Waals surface area contributed by atoms with Crippen molar-refractivity contribution in [2.75, 3.05) is 18.1 Å². The summed E-state index contributed by atoms with van der Waals surface area (Å²) in [6.07, 6.45) is -3.54. The first-order valence-corrected chi connectivity index (χ1v) is 14.2. The maximum atomic E-state index is 13.2. The number of amides is 2. The second-order valence-corrected chi connectivity index (χ2v) is 12.1. The van der Waals surface area contributed by atoms with Gasteiger partial charge in [0.1, 0.15) is 6.42 Å². The van der Waals surface area contributed by atoms with E-state index in [0.717, 1.165) is 18.6 Å². The van der Waals surface area contributed by atoms with Crippen molar-refractivity contribution < 1.29 is 31.2 Å². The van der Waals surface area contributed by atoms with Gasteiger partial charge in [-0.1, -0.05) is 30.3 Å². The van der Waals surface area contributed by atoms with E-state index in [0.29, 0.717) is 12.8 Å². The highest BCUT2D eigenvalue weighted by Gasteiger charge is 2.37. The van der Waals surface area contributed by atoms with E-state index in [1.165, 1.54) is 24.3 Å². The molecular weight excluding hydrogens is 519 g/mol. The van der Waals surface area contributed by atoms with Crippen molar-refractivity contribution in [3.8, 4) is 0 Å². The van der Waals surface area contributed by atoms with Crippen LogP contribution in [0, 0.1) is 5.92 Å². The summed E-state index contributed by atoms with van der Waals surface area (Å²) >= 11 is 0. The highest BCUT2D eigenvalue weighted by atomic mass is 32.2. The fourth-order valence-electron chi connectivity index (χ4n) is 4.82. The van der Waals surface area contributed by atoms with Crippen LogP contribution in [-0.2, 0) is 25.6 Å². The normalized spacial score (nSPS) is 20.4. The van der Waals surface area contributed by atoms with E-state index in [9.17, 15) is 31.2 Å². The van der Waals surface area contributed by atoms with Gasteiger partial charge in [0.25, 0.3) is 0 Å². The minimum atomic E-state index is -4.66. The number of nitrogens with one attached hydrogen (secondary N) is 2. The molecule has 2 N–H and O–H groups in total. The number of hydrogen-bond donors (Lipinski definition) is 2. The summed E-state index contributed by atoms with van der Waals surface area (Å²) in [5.41, 5.74) is -1.44. The van der Waals surface area contributed by atoms with E-state index in [1.54, 1.807) is 18.2 Å². The SMILES string of the molecule is CC(C)N(C)[C@H]1CC[C@@H](CS(=O)(=O)c2ccccc2)[C@@H](NC(=O)CC(=O)Nc2ccccc2C(F)(F)F)C1. The molecule has 2 amide bonds. The van der Waals surface area contributed by atoms with Crippen molar-refractivity contribution in [2.24, 2.45) is 5.92 Å². The monoisotopic (exact) mass is 553 g/mol. The molecule has 0 radical (unpaired) electrons. The molecule has 7 nitrogen and oxygen atoms in total. The molecule has 0 spiro atoms. The van der Waals surface area contributed by atoms with E-state index in [1.807, 2.05) is 20.9 Å². The van der Waals surface area contributed by atoms with Gasteiger partial charge in [0, 0.05) is 18.1 Å². The van der Waals surface area contributed by atoms with E-state index < -0.39 is 51.5 Å². The van der Waals surface area contributed by atoms with Crippen LogP contribution in [0.3, 0.4) is 0 Å². The van der Waals surface area contributed by atoms with Crippen LogP contribution in [0.5, 0.6) is 0 Å². The first-order chi connectivity index (χ1) is 17.8. The smallest absolute Gasteiger partial charge is 0.353 e. The Morgan fingerprint density at radius 3 is 2.26 bits per heavy atom. The van der Waals surface area contributed by atoms with Crippen LogP contribution in [-0.4, -0.2) is 56.1 Å². The number of carbonyl (C=O) groups is 2. The van der Waals surface area contributed by atoms with E-state index in [-0.39, 0.29) is 28.6 Å². The molecule has 0 heterocycles. The van der Waals surface area contributed by atoms with Crippen LogP contribution in [0.1, 0.15) is 45.1 Å². The van der Waals surface area contributed by atoms with Crippen molar-refractivity contribution in [3.63, 3.8) is 0 Å². The lowest BCUT2D eigenvalue weighted by molar-refractivity contribution is -0.137. The molecule has 0 saturated heterocycles. The molecule has 0 unspecified atom stereocenters. The Kier molecular flexibility index (Phi) is 9.59. The number of rotatable bonds is 9. The van der Waals surface area contributed by atoms with Gasteiger partial charge in [0.15, 0.2) is 9.84 Å². The molecule has 2 aromatic rings. The number of anilines is 1. The summed E-state index contributed by atoms with van der Waals surface area (Å²) in [5, 5.41) is 4.99. The van der Waals surface area contributed by atoms with Gasteiger partial charge < -0.3 is 15.5 Å². The lowest BCUT2D eigenvalue weighted by atomic mass is 9.81. The van der Waals surface area contributed by atoms with E-state index >= 15 is 0 Å². The van der Waals surface area contributed by atoms with Crippen LogP contribution in [0.15, 0.2) is 59.5 Å².